The largest absolute Gasteiger partial charge is 0.312 e. The summed E-state index contributed by atoms with van der Waals surface area (Å²) in [7, 11) is 0. The van der Waals surface area contributed by atoms with E-state index in [0.29, 0.717) is 5.41 Å². The summed E-state index contributed by atoms with van der Waals surface area (Å²) in [5.74, 6) is 0. The van der Waals surface area contributed by atoms with E-state index >= 15 is 0 Å². The minimum atomic E-state index is 0.475. The van der Waals surface area contributed by atoms with Gasteiger partial charge in [-0.3, -0.25) is 0 Å². The van der Waals surface area contributed by atoms with Gasteiger partial charge in [-0.1, -0.05) is 49.6 Å². The van der Waals surface area contributed by atoms with Gasteiger partial charge in [-0.25, -0.2) is 0 Å². The van der Waals surface area contributed by atoms with Gasteiger partial charge in [0.15, 0.2) is 0 Å². The maximum atomic E-state index is 3.95. The maximum absolute atomic E-state index is 3.95. The SMILES string of the molecule is C=CCC1(CNCc2ccccc2C)CCCCC1. The molecule has 0 atom stereocenters. The van der Waals surface area contributed by atoms with Crippen molar-refractivity contribution in [1.29, 1.82) is 0 Å². The van der Waals surface area contributed by atoms with Crippen LogP contribution in [0, 0.1) is 12.3 Å². The molecule has 1 aliphatic carbocycles. The van der Waals surface area contributed by atoms with E-state index in [1.807, 2.05) is 0 Å². The van der Waals surface area contributed by atoms with Gasteiger partial charge in [-0.15, -0.1) is 6.58 Å². The third-order valence-corrected chi connectivity index (χ3v) is 4.57. The molecular weight excluding hydrogens is 230 g/mol. The molecule has 19 heavy (non-hydrogen) atoms. The van der Waals surface area contributed by atoms with Crippen LogP contribution in [0.1, 0.15) is 49.7 Å². The Morgan fingerprint density at radius 1 is 1.21 bits per heavy atom. The molecule has 0 saturated heterocycles. The number of aryl methyl sites for hydroxylation is 1. The van der Waals surface area contributed by atoms with Crippen molar-refractivity contribution in [2.75, 3.05) is 6.54 Å². The van der Waals surface area contributed by atoms with E-state index in [9.17, 15) is 0 Å². The van der Waals surface area contributed by atoms with Crippen molar-refractivity contribution >= 4 is 0 Å². The summed E-state index contributed by atoms with van der Waals surface area (Å²) in [5, 5.41) is 3.69. The van der Waals surface area contributed by atoms with Crippen molar-refractivity contribution < 1.29 is 0 Å². The van der Waals surface area contributed by atoms with Crippen molar-refractivity contribution in [3.05, 3.63) is 48.0 Å². The third kappa shape index (κ3) is 3.94. The number of rotatable bonds is 6. The van der Waals surface area contributed by atoms with Crippen LogP contribution in [0.4, 0.5) is 0 Å². The number of hydrogen-bond acceptors (Lipinski definition) is 1. The van der Waals surface area contributed by atoms with Gasteiger partial charge in [-0.05, 0) is 42.7 Å². The average molecular weight is 257 g/mol. The molecule has 0 heterocycles. The summed E-state index contributed by atoms with van der Waals surface area (Å²) in [6, 6.07) is 8.66. The Morgan fingerprint density at radius 3 is 2.63 bits per heavy atom. The van der Waals surface area contributed by atoms with E-state index in [2.05, 4.69) is 49.2 Å². The molecule has 0 unspecified atom stereocenters. The zero-order chi connectivity index (χ0) is 13.6. The maximum Gasteiger partial charge on any atom is 0.0208 e. The van der Waals surface area contributed by atoms with Crippen molar-refractivity contribution in [3.8, 4) is 0 Å². The van der Waals surface area contributed by atoms with Crippen LogP contribution in [0.5, 0.6) is 0 Å². The second-order valence-corrected chi connectivity index (χ2v) is 6.08. The lowest BCUT2D eigenvalue weighted by Crippen LogP contribution is -2.35. The molecule has 1 nitrogen and oxygen atoms in total. The summed E-state index contributed by atoms with van der Waals surface area (Å²) in [5.41, 5.74) is 3.28. The third-order valence-electron chi connectivity index (χ3n) is 4.57. The second kappa shape index (κ2) is 6.91. The van der Waals surface area contributed by atoms with Crippen LogP contribution in [0.3, 0.4) is 0 Å². The van der Waals surface area contributed by atoms with Crippen molar-refractivity contribution in [1.82, 2.24) is 5.32 Å². The lowest BCUT2D eigenvalue weighted by atomic mass is 9.72. The fourth-order valence-corrected chi connectivity index (χ4v) is 3.33. The van der Waals surface area contributed by atoms with Gasteiger partial charge in [0, 0.05) is 13.1 Å². The zero-order valence-electron chi connectivity index (χ0n) is 12.3. The summed E-state index contributed by atoms with van der Waals surface area (Å²) in [6.07, 6.45) is 10.2. The smallest absolute Gasteiger partial charge is 0.0208 e. The van der Waals surface area contributed by atoms with Gasteiger partial charge in [-0.2, -0.15) is 0 Å². The van der Waals surface area contributed by atoms with Gasteiger partial charge >= 0.3 is 0 Å². The van der Waals surface area contributed by atoms with Gasteiger partial charge in [0.2, 0.25) is 0 Å². The van der Waals surface area contributed by atoms with Crippen LogP contribution in [-0.4, -0.2) is 6.54 Å². The highest BCUT2D eigenvalue weighted by Gasteiger charge is 2.30. The Kier molecular flexibility index (Phi) is 5.21. The predicted octanol–water partition coefficient (Wildman–Crippen LogP) is 4.61. The van der Waals surface area contributed by atoms with E-state index in [1.165, 1.54) is 43.2 Å². The van der Waals surface area contributed by atoms with Crippen LogP contribution >= 0.6 is 0 Å². The first-order valence-electron chi connectivity index (χ1n) is 7.62. The monoisotopic (exact) mass is 257 g/mol. The number of allylic oxidation sites excluding steroid dienone is 1. The molecule has 0 radical (unpaired) electrons. The molecule has 2 rings (SSSR count). The molecule has 0 aromatic heterocycles. The lowest BCUT2D eigenvalue weighted by Gasteiger charge is -2.37. The van der Waals surface area contributed by atoms with Crippen LogP contribution in [0.25, 0.3) is 0 Å². The Hall–Kier alpha value is -1.08. The molecule has 0 amide bonds. The summed E-state index contributed by atoms with van der Waals surface area (Å²) in [4.78, 5) is 0. The van der Waals surface area contributed by atoms with Crippen molar-refractivity contribution in [2.45, 2.75) is 52.0 Å². The second-order valence-electron chi connectivity index (χ2n) is 6.08. The molecule has 1 saturated carbocycles. The van der Waals surface area contributed by atoms with E-state index < -0.39 is 0 Å². The standard InChI is InChI=1S/C18H27N/c1-3-11-18(12-7-4-8-13-18)15-19-14-17-10-6-5-9-16(17)2/h3,5-6,9-10,19H,1,4,7-8,11-15H2,2H3. The number of nitrogens with one attached hydrogen (secondary N) is 1. The van der Waals surface area contributed by atoms with Gasteiger partial charge in [0.05, 0.1) is 0 Å². The van der Waals surface area contributed by atoms with E-state index in [0.717, 1.165) is 19.5 Å². The first-order valence-corrected chi connectivity index (χ1v) is 7.62. The molecule has 104 valence electrons. The normalized spacial score (nSPS) is 18.2. The zero-order valence-corrected chi connectivity index (χ0v) is 12.3. The minimum Gasteiger partial charge on any atom is -0.312 e. The van der Waals surface area contributed by atoms with Crippen molar-refractivity contribution in [2.24, 2.45) is 5.41 Å². The highest BCUT2D eigenvalue weighted by atomic mass is 14.9. The Morgan fingerprint density at radius 2 is 1.95 bits per heavy atom. The van der Waals surface area contributed by atoms with Crippen molar-refractivity contribution in [3.63, 3.8) is 0 Å². The fraction of sp³-hybridized carbons (Fsp3) is 0.556. The summed E-state index contributed by atoms with van der Waals surface area (Å²) in [6.45, 7) is 8.27. The van der Waals surface area contributed by atoms with E-state index in [-0.39, 0.29) is 0 Å². The molecule has 0 aliphatic heterocycles. The van der Waals surface area contributed by atoms with Crippen LogP contribution in [0.15, 0.2) is 36.9 Å². The van der Waals surface area contributed by atoms with Crippen LogP contribution < -0.4 is 5.32 Å². The van der Waals surface area contributed by atoms with Gasteiger partial charge in [0.25, 0.3) is 0 Å². The predicted molar refractivity (Wildman–Crippen MR) is 83.2 cm³/mol. The quantitative estimate of drug-likeness (QED) is 0.734. The summed E-state index contributed by atoms with van der Waals surface area (Å²) >= 11 is 0. The Balaban J connectivity index is 1.89. The minimum absolute atomic E-state index is 0.475. The topological polar surface area (TPSA) is 12.0 Å². The highest BCUT2D eigenvalue weighted by Crippen LogP contribution is 2.39. The van der Waals surface area contributed by atoms with Crippen LogP contribution in [0.2, 0.25) is 0 Å². The molecule has 1 aliphatic rings. The molecule has 1 heteroatoms. The number of hydrogen-bond donors (Lipinski definition) is 1. The Bertz CT molecular complexity index is 402. The first-order chi connectivity index (χ1) is 9.26. The molecule has 0 spiro atoms. The highest BCUT2D eigenvalue weighted by molar-refractivity contribution is 5.25. The molecular formula is C18H27N. The lowest BCUT2D eigenvalue weighted by molar-refractivity contribution is 0.184. The summed E-state index contributed by atoms with van der Waals surface area (Å²) < 4.78 is 0. The molecule has 1 fully saturated rings. The van der Waals surface area contributed by atoms with Crippen LogP contribution in [-0.2, 0) is 6.54 Å². The average Bonchev–Trinajstić information content (AvgIpc) is 2.42. The molecule has 0 bridgehead atoms. The first kappa shape index (κ1) is 14.3. The molecule has 1 aromatic rings. The number of benzene rings is 1. The fourth-order valence-electron chi connectivity index (χ4n) is 3.33. The van der Waals surface area contributed by atoms with Gasteiger partial charge in [0.1, 0.15) is 0 Å². The van der Waals surface area contributed by atoms with Gasteiger partial charge < -0.3 is 5.32 Å². The van der Waals surface area contributed by atoms with E-state index in [1.54, 1.807) is 0 Å². The molecule has 1 N–H and O–H groups in total. The van der Waals surface area contributed by atoms with E-state index in [4.69, 9.17) is 0 Å². The Labute approximate surface area is 118 Å². The molecule has 1 aromatic carbocycles.